The van der Waals surface area contributed by atoms with E-state index in [1.54, 1.807) is 17.0 Å². The fraction of sp³-hybridized carbons (Fsp3) is 0.154. The average molecular weight is 446 g/mol. The van der Waals surface area contributed by atoms with Gasteiger partial charge in [0.15, 0.2) is 0 Å². The van der Waals surface area contributed by atoms with Crippen LogP contribution in [-0.4, -0.2) is 32.4 Å². The van der Waals surface area contributed by atoms with E-state index in [0.717, 1.165) is 28.3 Å². The molecule has 1 aliphatic rings. The fourth-order valence-electron chi connectivity index (χ4n) is 3.43. The lowest BCUT2D eigenvalue weighted by Gasteiger charge is -2.19. The van der Waals surface area contributed by atoms with Gasteiger partial charge in [-0.15, -0.1) is 0 Å². The Kier molecular flexibility index (Phi) is 6.28. The Morgan fingerprint density at radius 2 is 1.62 bits per heavy atom. The number of anilines is 2. The molecule has 0 atom stereocenters. The van der Waals surface area contributed by atoms with Gasteiger partial charge in [0.2, 0.25) is 0 Å². The zero-order chi connectivity index (χ0) is 22.7. The van der Waals surface area contributed by atoms with Crippen molar-refractivity contribution in [2.75, 3.05) is 30.5 Å². The number of hydrogen-bond acceptors (Lipinski definition) is 4. The normalized spacial score (nSPS) is 14.6. The van der Waals surface area contributed by atoms with E-state index in [-0.39, 0.29) is 5.91 Å². The van der Waals surface area contributed by atoms with Gasteiger partial charge >= 0.3 is 0 Å². The lowest BCUT2D eigenvalue weighted by Crippen LogP contribution is -2.32. The summed E-state index contributed by atoms with van der Waals surface area (Å²) in [6.07, 6.45) is 1.81. The van der Waals surface area contributed by atoms with Crippen LogP contribution < -0.4 is 14.5 Å². The van der Waals surface area contributed by atoms with E-state index >= 15 is 0 Å². The van der Waals surface area contributed by atoms with E-state index in [1.165, 1.54) is 0 Å². The number of amidine groups is 1. The molecule has 5 nitrogen and oxygen atoms in total. The van der Waals surface area contributed by atoms with Crippen molar-refractivity contribution in [1.29, 1.82) is 0 Å². The monoisotopic (exact) mass is 445 g/mol. The summed E-state index contributed by atoms with van der Waals surface area (Å²) < 4.78 is 5.54. The molecular weight excluding hydrogens is 422 g/mol. The van der Waals surface area contributed by atoms with Crippen LogP contribution in [0.3, 0.4) is 0 Å². The molecule has 0 bridgehead atoms. The van der Waals surface area contributed by atoms with Crippen LogP contribution in [0.25, 0.3) is 6.08 Å². The van der Waals surface area contributed by atoms with Gasteiger partial charge in [-0.25, -0.2) is 4.99 Å². The van der Waals surface area contributed by atoms with Gasteiger partial charge in [0.1, 0.15) is 17.3 Å². The maximum absolute atomic E-state index is 13.4. The smallest absolute Gasteiger partial charge is 0.282 e. The Labute approximate surface area is 193 Å². The molecule has 1 aliphatic heterocycles. The van der Waals surface area contributed by atoms with E-state index < -0.39 is 0 Å². The maximum atomic E-state index is 13.4. The summed E-state index contributed by atoms with van der Waals surface area (Å²) in [5, 5.41) is 0.628. The predicted octanol–water partition coefficient (Wildman–Crippen LogP) is 5.64. The minimum Gasteiger partial charge on any atom is -0.494 e. The molecule has 3 aromatic rings. The third-order valence-corrected chi connectivity index (χ3v) is 5.33. The van der Waals surface area contributed by atoms with Gasteiger partial charge in [-0.2, -0.15) is 0 Å². The zero-order valence-electron chi connectivity index (χ0n) is 18.2. The lowest BCUT2D eigenvalue weighted by molar-refractivity contribution is -0.113. The van der Waals surface area contributed by atoms with Crippen LogP contribution >= 0.6 is 11.6 Å². The first-order chi connectivity index (χ1) is 15.5. The van der Waals surface area contributed by atoms with E-state index in [0.29, 0.717) is 23.2 Å². The highest BCUT2D eigenvalue weighted by molar-refractivity contribution is 6.34. The second-order valence-corrected chi connectivity index (χ2v) is 7.96. The maximum Gasteiger partial charge on any atom is 0.282 e. The molecular formula is C26H24ClN3O2. The predicted molar refractivity (Wildman–Crippen MR) is 132 cm³/mol. The molecule has 162 valence electrons. The molecule has 0 unspecified atom stereocenters. The van der Waals surface area contributed by atoms with Gasteiger partial charge in [-0.1, -0.05) is 23.7 Å². The van der Waals surface area contributed by atoms with Crippen molar-refractivity contribution in [2.24, 2.45) is 4.99 Å². The van der Waals surface area contributed by atoms with Crippen molar-refractivity contribution < 1.29 is 9.53 Å². The highest BCUT2D eigenvalue weighted by Gasteiger charge is 2.32. The van der Waals surface area contributed by atoms with Crippen LogP contribution in [-0.2, 0) is 4.79 Å². The quantitative estimate of drug-likeness (QED) is 0.461. The van der Waals surface area contributed by atoms with Gasteiger partial charge < -0.3 is 9.64 Å². The minimum absolute atomic E-state index is 0.184. The summed E-state index contributed by atoms with van der Waals surface area (Å²) in [6, 6.07) is 22.7. The molecule has 6 heteroatoms. The molecule has 0 N–H and O–H groups in total. The Balaban J connectivity index is 1.74. The first-order valence-corrected chi connectivity index (χ1v) is 10.7. The molecule has 0 fully saturated rings. The standard InChI is InChI=1S/C26H24ClN3O2/c1-4-32-23-15-13-22(14-16-23)30-25(19-7-9-20(27)10-8-19)28-24(26(30)31)17-18-5-11-21(12-6-18)29(2)3/h5-17H,4H2,1-3H3/b24-17+. The summed E-state index contributed by atoms with van der Waals surface area (Å²) in [5.41, 5.74) is 3.90. The molecule has 0 spiro atoms. The Morgan fingerprint density at radius 3 is 2.22 bits per heavy atom. The highest BCUT2D eigenvalue weighted by atomic mass is 35.5. The summed E-state index contributed by atoms with van der Waals surface area (Å²) >= 11 is 6.07. The van der Waals surface area contributed by atoms with Crippen LogP contribution in [0.4, 0.5) is 11.4 Å². The molecule has 3 aromatic carbocycles. The van der Waals surface area contributed by atoms with E-state index in [9.17, 15) is 4.79 Å². The number of hydrogen-bond donors (Lipinski definition) is 0. The summed E-state index contributed by atoms with van der Waals surface area (Å²) in [5.74, 6) is 1.13. The van der Waals surface area contributed by atoms with Crippen LogP contribution in [0.2, 0.25) is 5.02 Å². The number of aliphatic imine (C=N–C) groups is 1. The van der Waals surface area contributed by atoms with Crippen molar-refractivity contribution in [2.45, 2.75) is 6.92 Å². The third-order valence-electron chi connectivity index (χ3n) is 5.08. The molecule has 0 saturated carbocycles. The highest BCUT2D eigenvalue weighted by Crippen LogP contribution is 2.30. The van der Waals surface area contributed by atoms with Crippen LogP contribution in [0.1, 0.15) is 18.1 Å². The molecule has 32 heavy (non-hydrogen) atoms. The number of amides is 1. The number of benzene rings is 3. The molecule has 1 heterocycles. The van der Waals surface area contributed by atoms with Gasteiger partial charge in [-0.3, -0.25) is 9.69 Å². The number of halogens is 1. The SMILES string of the molecule is CCOc1ccc(N2C(=O)/C(=C\c3ccc(N(C)C)cc3)N=C2c2ccc(Cl)cc2)cc1. The van der Waals surface area contributed by atoms with Gasteiger partial charge in [0, 0.05) is 30.4 Å². The number of carbonyl (C=O) groups excluding carboxylic acids is 1. The lowest BCUT2D eigenvalue weighted by atomic mass is 10.1. The van der Waals surface area contributed by atoms with Gasteiger partial charge in [-0.05, 0) is 79.2 Å². The average Bonchev–Trinajstić information content (AvgIpc) is 3.11. The van der Waals surface area contributed by atoms with Crippen molar-refractivity contribution >= 4 is 40.8 Å². The number of nitrogens with zero attached hydrogens (tertiary/aromatic N) is 3. The summed E-state index contributed by atoms with van der Waals surface area (Å²) in [7, 11) is 3.98. The summed E-state index contributed by atoms with van der Waals surface area (Å²) in [6.45, 7) is 2.52. The number of carbonyl (C=O) groups is 1. The second kappa shape index (κ2) is 9.28. The molecule has 0 radical (unpaired) electrons. The Morgan fingerprint density at radius 1 is 0.969 bits per heavy atom. The van der Waals surface area contributed by atoms with Gasteiger partial charge in [0.05, 0.1) is 12.3 Å². The first-order valence-electron chi connectivity index (χ1n) is 10.4. The number of rotatable bonds is 6. The van der Waals surface area contributed by atoms with Crippen LogP contribution in [0.5, 0.6) is 5.75 Å². The molecule has 0 saturated heterocycles. The minimum atomic E-state index is -0.184. The topological polar surface area (TPSA) is 45.1 Å². The van der Waals surface area contributed by atoms with E-state index in [2.05, 4.69) is 0 Å². The fourth-order valence-corrected chi connectivity index (χ4v) is 3.56. The van der Waals surface area contributed by atoms with E-state index in [1.807, 2.05) is 92.7 Å². The number of ether oxygens (including phenoxy) is 1. The third kappa shape index (κ3) is 4.53. The molecule has 0 aromatic heterocycles. The van der Waals surface area contributed by atoms with Crippen molar-refractivity contribution in [3.63, 3.8) is 0 Å². The van der Waals surface area contributed by atoms with Gasteiger partial charge in [0.25, 0.3) is 5.91 Å². The van der Waals surface area contributed by atoms with Crippen molar-refractivity contribution in [3.8, 4) is 5.75 Å². The largest absolute Gasteiger partial charge is 0.494 e. The summed E-state index contributed by atoms with van der Waals surface area (Å²) in [4.78, 5) is 21.8. The molecule has 4 rings (SSSR count). The molecule has 1 amide bonds. The first kappa shape index (κ1) is 21.7. The van der Waals surface area contributed by atoms with Crippen LogP contribution in [0.15, 0.2) is 83.5 Å². The Hall–Kier alpha value is -3.57. The molecule has 0 aliphatic carbocycles. The van der Waals surface area contributed by atoms with Crippen LogP contribution in [0, 0.1) is 0 Å². The zero-order valence-corrected chi connectivity index (χ0v) is 19.0. The van der Waals surface area contributed by atoms with E-state index in [4.69, 9.17) is 21.3 Å². The Bertz CT molecular complexity index is 1170. The van der Waals surface area contributed by atoms with Crippen molar-refractivity contribution in [3.05, 3.63) is 94.6 Å². The van der Waals surface area contributed by atoms with Crippen molar-refractivity contribution in [1.82, 2.24) is 0 Å². The second-order valence-electron chi connectivity index (χ2n) is 7.53.